The number of esters is 2. The molecule has 0 fully saturated rings. The Hall–Kier alpha value is -1.14. The Kier molecular flexibility index (Phi) is 15.8. The highest BCUT2D eigenvalue weighted by Gasteiger charge is 2.18. The average molecular weight is 320 g/mol. The zero-order valence-corrected chi connectivity index (χ0v) is 12.9. The molecule has 4 N–H and O–H groups in total. The first kappa shape index (κ1) is 25.8. The van der Waals surface area contributed by atoms with E-state index in [0.717, 1.165) is 0 Å². The maximum Gasteiger partial charge on any atom is 0.323 e. The molecule has 2 atom stereocenters. The van der Waals surface area contributed by atoms with Crippen LogP contribution in [-0.2, 0) is 19.1 Å². The lowest BCUT2D eigenvalue weighted by Gasteiger charge is -2.15. The molecule has 0 aromatic carbocycles. The van der Waals surface area contributed by atoms with Gasteiger partial charge in [-0.1, -0.05) is 42.5 Å². The van der Waals surface area contributed by atoms with Crippen LogP contribution in [0.1, 0.15) is 55.4 Å². The minimum absolute atomic E-state index is 0. The first-order chi connectivity index (χ1) is 9.23. The predicted octanol–water partition coefficient (Wildman–Crippen LogP) is 2.09. The third-order valence-electron chi connectivity index (χ3n) is 2.63. The fraction of sp³-hybridized carbons (Fsp3) is 0.875. The summed E-state index contributed by atoms with van der Waals surface area (Å²) < 4.78 is 9.87. The monoisotopic (exact) mass is 320 g/mol. The van der Waals surface area contributed by atoms with Gasteiger partial charge in [0, 0.05) is 0 Å². The van der Waals surface area contributed by atoms with Crippen molar-refractivity contribution in [3.63, 3.8) is 0 Å². The van der Waals surface area contributed by atoms with Gasteiger partial charge in [0.05, 0.1) is 0 Å². The molecular formula is C16H36N2O4. The van der Waals surface area contributed by atoms with E-state index in [-0.39, 0.29) is 28.1 Å². The van der Waals surface area contributed by atoms with Crippen molar-refractivity contribution in [1.82, 2.24) is 0 Å². The Balaban J connectivity index is -0.00000180. The van der Waals surface area contributed by atoms with Crippen LogP contribution in [0, 0.1) is 11.8 Å². The van der Waals surface area contributed by atoms with Gasteiger partial charge in [0.2, 0.25) is 0 Å². The van der Waals surface area contributed by atoms with Crippen LogP contribution in [0.15, 0.2) is 0 Å². The third-order valence-corrected chi connectivity index (χ3v) is 2.63. The van der Waals surface area contributed by atoms with E-state index in [4.69, 9.17) is 20.9 Å². The minimum atomic E-state index is -0.631. The quantitative estimate of drug-likeness (QED) is 0.498. The third kappa shape index (κ3) is 12.6. The summed E-state index contributed by atoms with van der Waals surface area (Å²) in [5.74, 6) is -0.295. The van der Waals surface area contributed by atoms with Crippen molar-refractivity contribution < 1.29 is 19.1 Å². The van der Waals surface area contributed by atoms with E-state index in [9.17, 15) is 9.59 Å². The highest BCUT2D eigenvalue weighted by Crippen LogP contribution is 2.05. The number of ether oxygens (including phenoxy) is 2. The molecule has 0 aliphatic heterocycles. The molecule has 134 valence electrons. The van der Waals surface area contributed by atoms with Crippen LogP contribution in [0.3, 0.4) is 0 Å². The van der Waals surface area contributed by atoms with Crippen molar-refractivity contribution in [2.45, 2.75) is 67.5 Å². The van der Waals surface area contributed by atoms with Crippen LogP contribution in [-0.4, -0.2) is 37.2 Å². The molecule has 0 radical (unpaired) electrons. The maximum absolute atomic E-state index is 11.5. The SMILES string of the molecule is C.C.CC(C)CC(N)C(=O)OCCOC(=O)C(N)CC(C)C. The zero-order valence-electron chi connectivity index (χ0n) is 12.9. The lowest BCUT2D eigenvalue weighted by atomic mass is 10.1. The summed E-state index contributed by atoms with van der Waals surface area (Å²) in [5, 5.41) is 0. The number of hydrogen-bond donors (Lipinski definition) is 2. The van der Waals surface area contributed by atoms with Gasteiger partial charge in [-0.2, -0.15) is 0 Å². The second-order valence-corrected chi connectivity index (χ2v) is 5.81. The maximum atomic E-state index is 11.5. The molecule has 2 unspecified atom stereocenters. The summed E-state index contributed by atoms with van der Waals surface area (Å²) in [6, 6.07) is -1.26. The standard InChI is InChI=1S/C14H28N2O4.2CH4/c1-9(2)7-11(15)13(17)19-5-6-20-14(18)12(16)8-10(3)4;;/h9-12H,5-8,15-16H2,1-4H3;2*1H4. The smallest absolute Gasteiger partial charge is 0.323 e. The predicted molar refractivity (Wildman–Crippen MR) is 90.2 cm³/mol. The second-order valence-electron chi connectivity index (χ2n) is 5.81. The van der Waals surface area contributed by atoms with Gasteiger partial charge in [0.25, 0.3) is 0 Å². The first-order valence-electron chi connectivity index (χ1n) is 7.08. The molecule has 0 aliphatic carbocycles. The highest BCUT2D eigenvalue weighted by molar-refractivity contribution is 5.76. The summed E-state index contributed by atoms with van der Waals surface area (Å²) in [7, 11) is 0. The van der Waals surface area contributed by atoms with Crippen LogP contribution in [0.25, 0.3) is 0 Å². The number of nitrogens with two attached hydrogens (primary N) is 2. The van der Waals surface area contributed by atoms with Crippen molar-refractivity contribution in [1.29, 1.82) is 0 Å². The van der Waals surface area contributed by atoms with E-state index >= 15 is 0 Å². The fourth-order valence-corrected chi connectivity index (χ4v) is 1.71. The van der Waals surface area contributed by atoms with E-state index in [1.54, 1.807) is 0 Å². The minimum Gasteiger partial charge on any atom is -0.461 e. The van der Waals surface area contributed by atoms with E-state index in [1.807, 2.05) is 27.7 Å². The van der Waals surface area contributed by atoms with Crippen LogP contribution in [0.2, 0.25) is 0 Å². The number of rotatable bonds is 9. The Morgan fingerprint density at radius 1 is 0.773 bits per heavy atom. The van der Waals surface area contributed by atoms with Gasteiger partial charge in [-0.15, -0.1) is 0 Å². The van der Waals surface area contributed by atoms with E-state index in [1.165, 1.54) is 0 Å². The number of carbonyl (C=O) groups excluding carboxylic acids is 2. The number of carbonyl (C=O) groups is 2. The molecule has 0 saturated heterocycles. The van der Waals surface area contributed by atoms with Crippen LogP contribution >= 0.6 is 0 Å². The van der Waals surface area contributed by atoms with Crippen LogP contribution in [0.5, 0.6) is 0 Å². The van der Waals surface area contributed by atoms with Crippen molar-refractivity contribution >= 4 is 11.9 Å². The van der Waals surface area contributed by atoms with Crippen molar-refractivity contribution in [2.75, 3.05) is 13.2 Å². The molecule has 22 heavy (non-hydrogen) atoms. The van der Waals surface area contributed by atoms with Crippen LogP contribution < -0.4 is 11.5 Å². The largest absolute Gasteiger partial charge is 0.461 e. The first-order valence-corrected chi connectivity index (χ1v) is 7.08. The molecule has 6 nitrogen and oxygen atoms in total. The normalized spacial score (nSPS) is 12.9. The molecule has 0 aromatic rings. The average Bonchev–Trinajstić information content (AvgIpc) is 2.32. The Labute approximate surface area is 135 Å². The van der Waals surface area contributed by atoms with E-state index in [2.05, 4.69) is 0 Å². The summed E-state index contributed by atoms with van der Waals surface area (Å²) in [4.78, 5) is 23.0. The van der Waals surface area contributed by atoms with E-state index < -0.39 is 24.0 Å². The number of hydrogen-bond acceptors (Lipinski definition) is 6. The molecule has 0 saturated carbocycles. The second kappa shape index (κ2) is 13.5. The van der Waals surface area contributed by atoms with Crippen molar-refractivity contribution in [2.24, 2.45) is 23.3 Å². The Bertz CT molecular complexity index is 277. The molecular weight excluding hydrogens is 284 g/mol. The molecule has 0 aliphatic rings. The molecule has 0 heterocycles. The summed E-state index contributed by atoms with van der Waals surface area (Å²) >= 11 is 0. The van der Waals surface area contributed by atoms with Gasteiger partial charge in [-0.25, -0.2) is 0 Å². The Morgan fingerprint density at radius 3 is 1.27 bits per heavy atom. The topological polar surface area (TPSA) is 105 Å². The molecule has 0 bridgehead atoms. The molecule has 0 amide bonds. The van der Waals surface area contributed by atoms with Gasteiger partial charge in [-0.05, 0) is 24.7 Å². The summed E-state index contributed by atoms with van der Waals surface area (Å²) in [6.45, 7) is 7.92. The van der Waals surface area contributed by atoms with Gasteiger partial charge in [-0.3, -0.25) is 9.59 Å². The van der Waals surface area contributed by atoms with Gasteiger partial charge in [0.15, 0.2) is 0 Å². The van der Waals surface area contributed by atoms with Crippen molar-refractivity contribution in [3.8, 4) is 0 Å². The molecule has 0 aromatic heterocycles. The zero-order chi connectivity index (χ0) is 15.7. The van der Waals surface area contributed by atoms with Crippen molar-refractivity contribution in [3.05, 3.63) is 0 Å². The van der Waals surface area contributed by atoms with Crippen LogP contribution in [0.4, 0.5) is 0 Å². The highest BCUT2D eigenvalue weighted by atomic mass is 16.6. The van der Waals surface area contributed by atoms with Gasteiger partial charge < -0.3 is 20.9 Å². The summed E-state index contributed by atoms with van der Waals surface area (Å²) in [5.41, 5.74) is 11.3. The molecule has 0 rings (SSSR count). The van der Waals surface area contributed by atoms with Gasteiger partial charge in [0.1, 0.15) is 25.3 Å². The lowest BCUT2D eigenvalue weighted by Crippen LogP contribution is -2.36. The van der Waals surface area contributed by atoms with Gasteiger partial charge >= 0.3 is 11.9 Å². The van der Waals surface area contributed by atoms with E-state index in [0.29, 0.717) is 24.7 Å². The summed E-state index contributed by atoms with van der Waals surface area (Å²) in [6.07, 6.45) is 1.13. The molecule has 0 spiro atoms. The Morgan fingerprint density at radius 2 is 1.05 bits per heavy atom. The lowest BCUT2D eigenvalue weighted by molar-refractivity contribution is -0.154. The fourth-order valence-electron chi connectivity index (χ4n) is 1.71. The molecule has 6 heteroatoms.